The molecule has 0 saturated carbocycles. The number of anilines is 1. The molecule has 0 aliphatic heterocycles. The minimum Gasteiger partial charge on any atom is -0.472 e. The number of nitrogens with zero attached hydrogens (tertiary/aromatic N) is 2. The Morgan fingerprint density at radius 1 is 1.53 bits per heavy atom. The Bertz CT molecular complexity index is 528. The number of pyridine rings is 1. The molecule has 0 fully saturated rings. The van der Waals surface area contributed by atoms with E-state index in [4.69, 9.17) is 16.0 Å². The van der Waals surface area contributed by atoms with E-state index >= 15 is 0 Å². The smallest absolute Gasteiger partial charge is 0.311 e. The summed E-state index contributed by atoms with van der Waals surface area (Å²) < 4.78 is 4.89. The third kappa shape index (κ3) is 2.54. The third-order valence-corrected chi connectivity index (χ3v) is 2.41. The Kier molecular flexibility index (Phi) is 3.24. The summed E-state index contributed by atoms with van der Waals surface area (Å²) in [5.41, 5.74) is 0.973. The van der Waals surface area contributed by atoms with Crippen LogP contribution < -0.4 is 5.32 Å². The molecular formula is C10H8ClN3O3. The minimum absolute atomic E-state index is 0.152. The number of rotatable bonds is 4. The molecule has 2 aromatic heterocycles. The highest BCUT2D eigenvalue weighted by Crippen LogP contribution is 2.30. The van der Waals surface area contributed by atoms with Crippen LogP contribution in [0.15, 0.2) is 35.4 Å². The van der Waals surface area contributed by atoms with Crippen molar-refractivity contribution >= 4 is 23.0 Å². The largest absolute Gasteiger partial charge is 0.472 e. The van der Waals surface area contributed by atoms with Crippen LogP contribution in [-0.4, -0.2) is 9.91 Å². The summed E-state index contributed by atoms with van der Waals surface area (Å²) in [6.07, 6.45) is 5.59. The maximum Gasteiger partial charge on any atom is 0.311 e. The van der Waals surface area contributed by atoms with Gasteiger partial charge in [0.1, 0.15) is 11.9 Å². The Hall–Kier alpha value is -2.08. The number of nitro groups is 1. The molecule has 7 heteroatoms. The third-order valence-electron chi connectivity index (χ3n) is 2.13. The van der Waals surface area contributed by atoms with Gasteiger partial charge in [-0.1, -0.05) is 11.6 Å². The van der Waals surface area contributed by atoms with E-state index in [0.29, 0.717) is 6.54 Å². The van der Waals surface area contributed by atoms with Crippen LogP contribution in [0.4, 0.5) is 11.4 Å². The molecule has 0 aliphatic rings. The zero-order chi connectivity index (χ0) is 12.3. The molecule has 88 valence electrons. The van der Waals surface area contributed by atoms with Crippen LogP contribution in [-0.2, 0) is 6.54 Å². The first-order chi connectivity index (χ1) is 8.18. The lowest BCUT2D eigenvalue weighted by Crippen LogP contribution is -2.03. The van der Waals surface area contributed by atoms with Crippen molar-refractivity contribution in [1.82, 2.24) is 4.98 Å². The van der Waals surface area contributed by atoms with Gasteiger partial charge in [0.25, 0.3) is 0 Å². The van der Waals surface area contributed by atoms with E-state index in [0.717, 1.165) is 11.8 Å². The molecule has 2 heterocycles. The molecule has 2 aromatic rings. The standard InChI is InChI=1S/C10H8ClN3O3/c11-8-4-12-5-9(14(15)16)10(8)13-3-7-1-2-17-6-7/h1-2,4-6H,3H2,(H,12,13). The summed E-state index contributed by atoms with van der Waals surface area (Å²) >= 11 is 5.86. The highest BCUT2D eigenvalue weighted by molar-refractivity contribution is 6.33. The minimum atomic E-state index is -0.531. The SMILES string of the molecule is O=[N+]([O-])c1cncc(Cl)c1NCc1ccoc1. The van der Waals surface area contributed by atoms with Crippen molar-refractivity contribution in [2.75, 3.05) is 5.32 Å². The second-order valence-electron chi connectivity index (χ2n) is 3.26. The van der Waals surface area contributed by atoms with Gasteiger partial charge in [-0.3, -0.25) is 15.1 Å². The molecule has 0 saturated heterocycles. The number of aromatic nitrogens is 1. The first-order valence-corrected chi connectivity index (χ1v) is 5.09. The van der Waals surface area contributed by atoms with Crippen LogP contribution in [0.25, 0.3) is 0 Å². The maximum atomic E-state index is 10.8. The van der Waals surface area contributed by atoms with Gasteiger partial charge in [0, 0.05) is 18.3 Å². The fraction of sp³-hybridized carbons (Fsp3) is 0.100. The van der Waals surface area contributed by atoms with E-state index in [1.54, 1.807) is 12.3 Å². The van der Waals surface area contributed by atoms with Gasteiger partial charge in [0.2, 0.25) is 0 Å². The molecule has 6 nitrogen and oxygen atoms in total. The van der Waals surface area contributed by atoms with E-state index in [1.807, 2.05) is 0 Å². The van der Waals surface area contributed by atoms with Gasteiger partial charge in [-0.25, -0.2) is 0 Å². The first kappa shape index (κ1) is 11.4. The van der Waals surface area contributed by atoms with E-state index in [-0.39, 0.29) is 16.4 Å². The van der Waals surface area contributed by atoms with Crippen LogP contribution in [0.5, 0.6) is 0 Å². The molecule has 0 radical (unpaired) electrons. The van der Waals surface area contributed by atoms with Crippen LogP contribution in [0.2, 0.25) is 5.02 Å². The number of halogens is 1. The second kappa shape index (κ2) is 4.84. The van der Waals surface area contributed by atoms with E-state index in [9.17, 15) is 10.1 Å². The molecule has 0 unspecified atom stereocenters. The monoisotopic (exact) mass is 253 g/mol. The maximum absolute atomic E-state index is 10.8. The highest BCUT2D eigenvalue weighted by Gasteiger charge is 2.17. The van der Waals surface area contributed by atoms with Crippen molar-refractivity contribution in [3.05, 3.63) is 51.7 Å². The topological polar surface area (TPSA) is 81.2 Å². The normalized spacial score (nSPS) is 10.2. The van der Waals surface area contributed by atoms with E-state index in [1.165, 1.54) is 12.5 Å². The van der Waals surface area contributed by atoms with Crippen LogP contribution in [0.3, 0.4) is 0 Å². The van der Waals surface area contributed by atoms with Crippen molar-refractivity contribution in [2.45, 2.75) is 6.54 Å². The zero-order valence-electron chi connectivity index (χ0n) is 8.59. The van der Waals surface area contributed by atoms with Crippen molar-refractivity contribution in [2.24, 2.45) is 0 Å². The van der Waals surface area contributed by atoms with E-state index in [2.05, 4.69) is 10.3 Å². The lowest BCUT2D eigenvalue weighted by Gasteiger charge is -2.06. The fourth-order valence-electron chi connectivity index (χ4n) is 1.32. The molecule has 0 atom stereocenters. The zero-order valence-corrected chi connectivity index (χ0v) is 9.35. The molecule has 0 aliphatic carbocycles. The van der Waals surface area contributed by atoms with Crippen molar-refractivity contribution in [1.29, 1.82) is 0 Å². The van der Waals surface area contributed by atoms with Crippen LogP contribution >= 0.6 is 11.6 Å². The Labute approximate surface area is 101 Å². The number of hydrogen-bond donors (Lipinski definition) is 1. The summed E-state index contributed by atoms with van der Waals surface area (Å²) in [6.45, 7) is 0.390. The Morgan fingerprint density at radius 2 is 2.35 bits per heavy atom. The van der Waals surface area contributed by atoms with E-state index < -0.39 is 4.92 Å². The predicted octanol–water partition coefficient (Wildman–Crippen LogP) is 2.85. The second-order valence-corrected chi connectivity index (χ2v) is 3.66. The van der Waals surface area contributed by atoms with Gasteiger partial charge < -0.3 is 9.73 Å². The van der Waals surface area contributed by atoms with Gasteiger partial charge in [0.15, 0.2) is 0 Å². The molecular weight excluding hydrogens is 246 g/mol. The summed E-state index contributed by atoms with van der Waals surface area (Å²) in [6, 6.07) is 1.76. The molecule has 0 bridgehead atoms. The average Bonchev–Trinajstić information content (AvgIpc) is 2.80. The summed E-state index contributed by atoms with van der Waals surface area (Å²) in [7, 11) is 0. The van der Waals surface area contributed by atoms with Crippen molar-refractivity contribution < 1.29 is 9.34 Å². The molecule has 1 N–H and O–H groups in total. The summed E-state index contributed by atoms with van der Waals surface area (Å²) in [5, 5.41) is 13.9. The molecule has 2 rings (SSSR count). The summed E-state index contributed by atoms with van der Waals surface area (Å²) in [5.74, 6) is 0. The Balaban J connectivity index is 2.22. The number of hydrogen-bond acceptors (Lipinski definition) is 5. The van der Waals surface area contributed by atoms with Gasteiger partial charge in [-0.05, 0) is 6.07 Å². The molecule has 0 aromatic carbocycles. The molecule has 17 heavy (non-hydrogen) atoms. The van der Waals surface area contributed by atoms with Crippen molar-refractivity contribution in [3.8, 4) is 0 Å². The van der Waals surface area contributed by atoms with Crippen molar-refractivity contribution in [3.63, 3.8) is 0 Å². The first-order valence-electron chi connectivity index (χ1n) is 4.71. The van der Waals surface area contributed by atoms with Crippen LogP contribution in [0, 0.1) is 10.1 Å². The quantitative estimate of drug-likeness (QED) is 0.669. The molecule has 0 spiro atoms. The number of nitrogens with one attached hydrogen (secondary N) is 1. The molecule has 0 amide bonds. The van der Waals surface area contributed by atoms with Gasteiger partial charge >= 0.3 is 5.69 Å². The highest BCUT2D eigenvalue weighted by atomic mass is 35.5. The van der Waals surface area contributed by atoms with Gasteiger partial charge in [-0.2, -0.15) is 0 Å². The lowest BCUT2D eigenvalue weighted by molar-refractivity contribution is -0.384. The number of furan rings is 1. The average molecular weight is 254 g/mol. The lowest BCUT2D eigenvalue weighted by atomic mass is 10.3. The van der Waals surface area contributed by atoms with Crippen LogP contribution in [0.1, 0.15) is 5.56 Å². The fourth-order valence-corrected chi connectivity index (χ4v) is 1.54. The predicted molar refractivity (Wildman–Crippen MR) is 61.9 cm³/mol. The van der Waals surface area contributed by atoms with Gasteiger partial charge in [-0.15, -0.1) is 0 Å². The Morgan fingerprint density at radius 3 is 3.00 bits per heavy atom. The summed E-state index contributed by atoms with van der Waals surface area (Å²) in [4.78, 5) is 13.9. The van der Waals surface area contributed by atoms with Gasteiger partial charge in [0.05, 0.1) is 22.5 Å².